The van der Waals surface area contributed by atoms with E-state index in [1.807, 2.05) is 21.6 Å². The zero-order valence-corrected chi connectivity index (χ0v) is 21.2. The van der Waals surface area contributed by atoms with E-state index in [1.165, 1.54) is 19.0 Å². The molecule has 200 valence electrons. The Balaban J connectivity index is 0.000000747. The van der Waals surface area contributed by atoms with Gasteiger partial charge in [0.05, 0.1) is 13.1 Å². The summed E-state index contributed by atoms with van der Waals surface area (Å²) < 4.78 is 41.1. The van der Waals surface area contributed by atoms with E-state index in [9.17, 15) is 18.0 Å². The highest BCUT2D eigenvalue weighted by Crippen LogP contribution is 2.36. The van der Waals surface area contributed by atoms with Crippen LogP contribution in [0.1, 0.15) is 60.2 Å². The quantitative estimate of drug-likeness (QED) is 0.429. The number of fused-ring (bicyclic) bond motifs is 3. The number of thiazole rings is 1. The van der Waals surface area contributed by atoms with E-state index < -0.39 is 17.3 Å². The molecule has 0 unspecified atom stereocenters. The first-order chi connectivity index (χ1) is 17.5. The van der Waals surface area contributed by atoms with E-state index >= 15 is 0 Å². The molecule has 1 amide bonds. The monoisotopic (exact) mass is 538 g/mol. The van der Waals surface area contributed by atoms with Crippen LogP contribution in [-0.2, 0) is 30.5 Å². The molecule has 0 atom stereocenters. The summed E-state index contributed by atoms with van der Waals surface area (Å²) >= 11 is 0.663. The molecule has 5 rings (SSSR count). The smallest absolute Gasteiger partial charge is 0.450 e. The van der Waals surface area contributed by atoms with Gasteiger partial charge in [-0.3, -0.25) is 4.79 Å². The van der Waals surface area contributed by atoms with Crippen LogP contribution in [0.4, 0.5) is 18.0 Å². The normalized spacial score (nSPS) is 19.7. The summed E-state index contributed by atoms with van der Waals surface area (Å²) in [4.78, 5) is 32.2. The Hall–Kier alpha value is -3.15. The Morgan fingerprint density at radius 3 is 2.51 bits per heavy atom. The zero-order valence-electron chi connectivity index (χ0n) is 20.4. The highest BCUT2D eigenvalue weighted by molar-refractivity contribution is 7.11. The molecule has 0 aromatic carbocycles. The summed E-state index contributed by atoms with van der Waals surface area (Å²) in [5, 5.41) is 14.1. The van der Waals surface area contributed by atoms with E-state index in [0.717, 1.165) is 47.5 Å². The SMILES string of the molecule is C[C@H]1CC[C@@H](CC(=O)N2CCc3c(n(Cc4cnc(C(F)(F)F)s4)c4ncccc34)C2)CC1.O=C(O)O. The number of carbonyl (C=O) groups excluding carboxylic acids is 1. The molecule has 0 saturated heterocycles. The number of carbonyl (C=O) groups is 2. The minimum Gasteiger partial charge on any atom is -0.450 e. The molecule has 0 spiro atoms. The number of aromatic nitrogens is 3. The Bertz CT molecular complexity index is 1260. The molecule has 37 heavy (non-hydrogen) atoms. The summed E-state index contributed by atoms with van der Waals surface area (Å²) in [5.41, 5.74) is 2.87. The second kappa shape index (κ2) is 11.1. The number of hydrogen-bond donors (Lipinski definition) is 2. The maximum absolute atomic E-state index is 13.1. The lowest BCUT2D eigenvalue weighted by Crippen LogP contribution is -2.37. The van der Waals surface area contributed by atoms with Gasteiger partial charge in [-0.25, -0.2) is 14.8 Å². The van der Waals surface area contributed by atoms with Crippen molar-refractivity contribution < 1.29 is 33.0 Å². The third-order valence-electron chi connectivity index (χ3n) is 7.08. The largest absolute Gasteiger partial charge is 0.503 e. The van der Waals surface area contributed by atoms with Crippen LogP contribution >= 0.6 is 11.3 Å². The van der Waals surface area contributed by atoms with Crippen LogP contribution in [0.15, 0.2) is 24.5 Å². The van der Waals surface area contributed by atoms with Crippen molar-refractivity contribution in [3.05, 3.63) is 45.7 Å². The Morgan fingerprint density at radius 2 is 1.86 bits per heavy atom. The zero-order chi connectivity index (χ0) is 26.7. The van der Waals surface area contributed by atoms with Crippen LogP contribution in [0.5, 0.6) is 0 Å². The molecule has 12 heteroatoms. The van der Waals surface area contributed by atoms with Gasteiger partial charge < -0.3 is 19.7 Å². The standard InChI is InChI=1S/C24H27F3N4OS.CH2O3/c1-15-4-6-16(7-5-15)11-21(32)30-10-8-18-19-3-2-9-28-22(19)31(20(18)14-30)13-17-12-29-23(33-17)24(25,26)27;2-1(3)4/h2-3,9,12,15-16H,4-8,10-11,13-14H2,1H3;(H2,2,3,4)/t15-,16+;. The van der Waals surface area contributed by atoms with Gasteiger partial charge in [0.25, 0.3) is 0 Å². The third kappa shape index (κ3) is 6.41. The molecular formula is C25H29F3N4O4S. The summed E-state index contributed by atoms with van der Waals surface area (Å²) in [6.45, 7) is 3.68. The predicted octanol–water partition coefficient (Wildman–Crippen LogP) is 5.88. The van der Waals surface area contributed by atoms with Crippen LogP contribution in [0.3, 0.4) is 0 Å². The number of hydrogen-bond acceptors (Lipinski definition) is 5. The summed E-state index contributed by atoms with van der Waals surface area (Å²) in [5.74, 6) is 1.39. The second-order valence-corrected chi connectivity index (χ2v) is 10.8. The van der Waals surface area contributed by atoms with Crippen molar-refractivity contribution >= 4 is 34.4 Å². The van der Waals surface area contributed by atoms with Gasteiger partial charge in [-0.2, -0.15) is 13.2 Å². The first-order valence-electron chi connectivity index (χ1n) is 12.2. The molecule has 1 saturated carbocycles. The molecule has 8 nitrogen and oxygen atoms in total. The number of halogens is 3. The van der Waals surface area contributed by atoms with Crippen LogP contribution in [0, 0.1) is 11.8 Å². The molecule has 0 bridgehead atoms. The van der Waals surface area contributed by atoms with Gasteiger partial charge in [0.1, 0.15) is 5.65 Å². The topological polar surface area (TPSA) is 109 Å². The van der Waals surface area contributed by atoms with Gasteiger partial charge >= 0.3 is 12.3 Å². The Kier molecular flexibility index (Phi) is 8.05. The summed E-state index contributed by atoms with van der Waals surface area (Å²) in [6, 6.07) is 3.88. The van der Waals surface area contributed by atoms with Crippen molar-refractivity contribution in [2.75, 3.05) is 6.54 Å². The van der Waals surface area contributed by atoms with Crippen LogP contribution in [-0.4, -0.2) is 48.3 Å². The Labute approximate surface area is 215 Å². The van der Waals surface area contributed by atoms with Crippen molar-refractivity contribution in [3.63, 3.8) is 0 Å². The van der Waals surface area contributed by atoms with Crippen LogP contribution < -0.4 is 0 Å². The number of pyridine rings is 1. The van der Waals surface area contributed by atoms with Gasteiger partial charge in [0, 0.05) is 41.3 Å². The maximum atomic E-state index is 13.1. The summed E-state index contributed by atoms with van der Waals surface area (Å²) in [7, 11) is 0. The predicted molar refractivity (Wildman–Crippen MR) is 131 cm³/mol. The van der Waals surface area contributed by atoms with Crippen molar-refractivity contribution in [3.8, 4) is 0 Å². The maximum Gasteiger partial charge on any atom is 0.503 e. The number of nitrogens with zero attached hydrogens (tertiary/aromatic N) is 4. The fraction of sp³-hybridized carbons (Fsp3) is 0.520. The minimum absolute atomic E-state index is 0.183. The van der Waals surface area contributed by atoms with E-state index in [-0.39, 0.29) is 12.5 Å². The first-order valence-corrected chi connectivity index (χ1v) is 13.0. The Morgan fingerprint density at radius 1 is 1.16 bits per heavy atom. The van der Waals surface area contributed by atoms with Gasteiger partial charge in [-0.05, 0) is 48.8 Å². The highest BCUT2D eigenvalue weighted by Gasteiger charge is 2.35. The van der Waals surface area contributed by atoms with Crippen molar-refractivity contribution in [1.29, 1.82) is 0 Å². The minimum atomic E-state index is -4.44. The van der Waals surface area contributed by atoms with Crippen LogP contribution in [0.2, 0.25) is 0 Å². The van der Waals surface area contributed by atoms with Crippen molar-refractivity contribution in [1.82, 2.24) is 19.4 Å². The van der Waals surface area contributed by atoms with Crippen molar-refractivity contribution in [2.45, 2.75) is 64.7 Å². The number of carboxylic acid groups (broad SMARTS) is 2. The lowest BCUT2D eigenvalue weighted by molar-refractivity contribution is -0.137. The van der Waals surface area contributed by atoms with E-state index in [2.05, 4.69) is 16.9 Å². The average Bonchev–Trinajstić information content (AvgIpc) is 3.44. The van der Waals surface area contributed by atoms with Gasteiger partial charge in [0.2, 0.25) is 5.91 Å². The molecule has 3 aromatic heterocycles. The van der Waals surface area contributed by atoms with Gasteiger partial charge in [-0.1, -0.05) is 19.8 Å². The molecule has 0 radical (unpaired) electrons. The third-order valence-corrected chi connectivity index (χ3v) is 8.10. The molecule has 2 N–H and O–H groups in total. The molecule has 3 aromatic rings. The van der Waals surface area contributed by atoms with E-state index in [1.54, 1.807) is 6.20 Å². The number of rotatable bonds is 4. The van der Waals surface area contributed by atoms with E-state index in [4.69, 9.17) is 15.0 Å². The lowest BCUT2D eigenvalue weighted by Gasteiger charge is -2.31. The number of alkyl halides is 3. The average molecular weight is 539 g/mol. The molecule has 4 heterocycles. The first kappa shape index (κ1) is 26.9. The van der Waals surface area contributed by atoms with E-state index in [0.29, 0.717) is 41.6 Å². The lowest BCUT2D eigenvalue weighted by atomic mass is 9.81. The highest BCUT2D eigenvalue weighted by atomic mass is 32.1. The fourth-order valence-electron chi connectivity index (χ4n) is 5.22. The fourth-order valence-corrected chi connectivity index (χ4v) is 5.99. The van der Waals surface area contributed by atoms with Gasteiger partial charge in [0.15, 0.2) is 5.01 Å². The molecular weight excluding hydrogens is 509 g/mol. The van der Waals surface area contributed by atoms with Crippen LogP contribution in [0.25, 0.3) is 11.0 Å². The van der Waals surface area contributed by atoms with Crippen molar-refractivity contribution in [2.24, 2.45) is 11.8 Å². The molecule has 1 fully saturated rings. The molecule has 2 aliphatic rings. The summed E-state index contributed by atoms with van der Waals surface area (Å²) in [6.07, 6.45) is 2.65. The van der Waals surface area contributed by atoms with Gasteiger partial charge in [-0.15, -0.1) is 11.3 Å². The second-order valence-electron chi connectivity index (χ2n) is 9.69. The molecule has 1 aliphatic heterocycles. The molecule has 1 aliphatic carbocycles. The number of amides is 1.